The third-order valence-corrected chi connectivity index (χ3v) is 8.25. The summed E-state index contributed by atoms with van der Waals surface area (Å²) in [6.45, 7) is 4.45. The zero-order chi connectivity index (χ0) is 18.6. The third-order valence-electron chi connectivity index (χ3n) is 8.25. The van der Waals surface area contributed by atoms with Crippen LogP contribution in [0.5, 0.6) is 0 Å². The Labute approximate surface area is 162 Å². The number of allylic oxidation sites excluding steroid dienone is 1. The topological polar surface area (TPSA) is 55.1 Å². The van der Waals surface area contributed by atoms with Crippen LogP contribution in [-0.4, -0.2) is 18.0 Å². The van der Waals surface area contributed by atoms with Gasteiger partial charge in [-0.1, -0.05) is 42.5 Å². The van der Waals surface area contributed by atoms with Gasteiger partial charge in [-0.05, 0) is 80.6 Å². The van der Waals surface area contributed by atoms with Crippen molar-refractivity contribution >= 4 is 5.91 Å². The maximum Gasteiger partial charge on any atom is 0.226 e. The van der Waals surface area contributed by atoms with Crippen LogP contribution in [0.15, 0.2) is 42.5 Å². The molecule has 0 radical (unpaired) electrons. The number of hydrogen-bond donors (Lipinski definition) is 2. The van der Waals surface area contributed by atoms with Crippen molar-refractivity contribution in [2.75, 3.05) is 0 Å². The van der Waals surface area contributed by atoms with Gasteiger partial charge in [-0.2, -0.15) is 0 Å². The molecule has 4 bridgehead atoms. The second kappa shape index (κ2) is 6.20. The van der Waals surface area contributed by atoms with E-state index in [1.807, 2.05) is 0 Å². The van der Waals surface area contributed by atoms with Crippen LogP contribution in [0, 0.1) is 17.3 Å². The summed E-state index contributed by atoms with van der Waals surface area (Å²) in [7, 11) is 0. The molecule has 0 spiro atoms. The Morgan fingerprint density at radius 2 is 1.63 bits per heavy atom. The Kier molecular flexibility index (Phi) is 4.02. The van der Waals surface area contributed by atoms with Crippen LogP contribution in [0.25, 0.3) is 0 Å². The van der Waals surface area contributed by atoms with Crippen molar-refractivity contribution in [2.45, 2.75) is 75.3 Å². The van der Waals surface area contributed by atoms with Crippen molar-refractivity contribution in [3.8, 4) is 0 Å². The van der Waals surface area contributed by atoms with Gasteiger partial charge in [-0.15, -0.1) is 0 Å². The van der Waals surface area contributed by atoms with Crippen LogP contribution in [0.1, 0.15) is 63.4 Å². The van der Waals surface area contributed by atoms with Gasteiger partial charge in [0.15, 0.2) is 0 Å². The van der Waals surface area contributed by atoms with Crippen molar-refractivity contribution in [1.82, 2.24) is 5.32 Å². The fraction of sp³-hybridized carbons (Fsp3) is 0.625. The lowest BCUT2D eigenvalue weighted by Crippen LogP contribution is -2.60. The Morgan fingerprint density at radius 3 is 2.26 bits per heavy atom. The number of carbonyl (C=O) groups excluding carboxylic acids is 1. The Balaban J connectivity index is 1.42. The molecule has 5 fully saturated rings. The normalized spacial score (nSPS) is 42.9. The molecule has 0 heterocycles. The van der Waals surface area contributed by atoms with E-state index >= 15 is 0 Å². The van der Waals surface area contributed by atoms with Crippen molar-refractivity contribution in [3.05, 3.63) is 48.0 Å². The highest BCUT2D eigenvalue weighted by atomic mass is 16.2. The van der Waals surface area contributed by atoms with Crippen LogP contribution in [0.4, 0.5) is 0 Å². The average molecular weight is 365 g/mol. The second-order valence-corrected chi connectivity index (χ2v) is 9.97. The van der Waals surface area contributed by atoms with Gasteiger partial charge in [0.05, 0.1) is 5.41 Å². The molecule has 1 amide bonds. The Hall–Kier alpha value is -1.61. The first-order chi connectivity index (χ1) is 13.0. The van der Waals surface area contributed by atoms with Gasteiger partial charge in [0.1, 0.15) is 0 Å². The van der Waals surface area contributed by atoms with E-state index in [2.05, 4.69) is 42.2 Å². The van der Waals surface area contributed by atoms with Crippen molar-refractivity contribution in [2.24, 2.45) is 23.0 Å². The van der Waals surface area contributed by atoms with E-state index in [0.29, 0.717) is 29.8 Å². The highest BCUT2D eigenvalue weighted by Crippen LogP contribution is 2.67. The van der Waals surface area contributed by atoms with E-state index in [1.165, 1.54) is 24.0 Å². The zero-order valence-corrected chi connectivity index (χ0v) is 16.3. The molecule has 2 unspecified atom stereocenters. The van der Waals surface area contributed by atoms with Crippen LogP contribution < -0.4 is 11.1 Å². The first kappa shape index (κ1) is 17.5. The lowest BCUT2D eigenvalue weighted by molar-refractivity contribution is -0.145. The molecule has 27 heavy (non-hydrogen) atoms. The molecule has 0 aromatic heterocycles. The van der Waals surface area contributed by atoms with Gasteiger partial charge >= 0.3 is 0 Å². The van der Waals surface area contributed by atoms with Crippen LogP contribution >= 0.6 is 0 Å². The summed E-state index contributed by atoms with van der Waals surface area (Å²) < 4.78 is 0. The fourth-order valence-corrected chi connectivity index (χ4v) is 6.99. The summed E-state index contributed by atoms with van der Waals surface area (Å²) >= 11 is 0. The first-order valence-corrected chi connectivity index (χ1v) is 10.8. The first-order valence-electron chi connectivity index (χ1n) is 10.8. The molecular formula is C24H32N2O. The SMILES string of the molecule is C=C1C2CC3(C(=O)N[C@H]4CC[C@H](N)CC4)CC1CC(c1ccccc1)(C2)C3. The second-order valence-electron chi connectivity index (χ2n) is 9.97. The number of benzene rings is 1. The van der Waals surface area contributed by atoms with Crippen molar-refractivity contribution in [1.29, 1.82) is 0 Å². The fourth-order valence-electron chi connectivity index (χ4n) is 6.99. The number of nitrogens with two attached hydrogens (primary N) is 1. The number of nitrogens with one attached hydrogen (secondary N) is 1. The minimum absolute atomic E-state index is 0.167. The molecule has 5 saturated carbocycles. The molecule has 0 saturated heterocycles. The largest absolute Gasteiger partial charge is 0.353 e. The third kappa shape index (κ3) is 2.77. The summed E-state index contributed by atoms with van der Waals surface area (Å²) in [5.74, 6) is 1.35. The average Bonchev–Trinajstić information content (AvgIpc) is 2.68. The molecule has 5 aliphatic rings. The summed E-state index contributed by atoms with van der Waals surface area (Å²) in [6, 6.07) is 11.6. The van der Waals surface area contributed by atoms with Gasteiger partial charge < -0.3 is 11.1 Å². The van der Waals surface area contributed by atoms with Gasteiger partial charge in [-0.3, -0.25) is 4.79 Å². The molecule has 2 atom stereocenters. The lowest BCUT2D eigenvalue weighted by atomic mass is 9.41. The minimum atomic E-state index is -0.192. The zero-order valence-electron chi connectivity index (χ0n) is 16.3. The molecule has 144 valence electrons. The highest BCUT2D eigenvalue weighted by Gasteiger charge is 2.62. The van der Waals surface area contributed by atoms with E-state index in [0.717, 1.165) is 44.9 Å². The molecular weight excluding hydrogens is 332 g/mol. The molecule has 3 nitrogen and oxygen atoms in total. The van der Waals surface area contributed by atoms with Crippen molar-refractivity contribution in [3.63, 3.8) is 0 Å². The maximum absolute atomic E-state index is 13.6. The smallest absolute Gasteiger partial charge is 0.226 e. The summed E-state index contributed by atoms with van der Waals surface area (Å²) in [4.78, 5) is 13.6. The van der Waals surface area contributed by atoms with E-state index < -0.39 is 0 Å². The predicted octanol–water partition coefficient (Wildman–Crippen LogP) is 4.08. The lowest BCUT2D eigenvalue weighted by Gasteiger charge is -2.62. The van der Waals surface area contributed by atoms with E-state index in [-0.39, 0.29) is 10.8 Å². The summed E-state index contributed by atoms with van der Waals surface area (Å²) in [6.07, 6.45) is 9.53. The summed E-state index contributed by atoms with van der Waals surface area (Å²) in [5, 5.41) is 3.46. The van der Waals surface area contributed by atoms with E-state index in [9.17, 15) is 4.79 Å². The number of carbonyl (C=O) groups is 1. The maximum atomic E-state index is 13.6. The van der Waals surface area contributed by atoms with Gasteiger partial charge in [0.25, 0.3) is 0 Å². The van der Waals surface area contributed by atoms with Gasteiger partial charge in [0.2, 0.25) is 5.91 Å². The standard InChI is InChI=1S/C24H32N2O/c1-16-17-11-23(19-5-3-2-4-6-19)12-18(16)14-24(13-17,15-23)22(27)26-21-9-7-20(25)8-10-21/h2-6,17-18,20-21H,1,7-15,25H2,(H,26,27)/t17?,18?,20-,21-,23?,24?. The number of hydrogen-bond acceptors (Lipinski definition) is 2. The summed E-state index contributed by atoms with van der Waals surface area (Å²) in [5.41, 5.74) is 8.89. The van der Waals surface area contributed by atoms with Crippen LogP contribution in [0.3, 0.4) is 0 Å². The monoisotopic (exact) mass is 364 g/mol. The molecule has 1 aromatic rings. The van der Waals surface area contributed by atoms with E-state index in [1.54, 1.807) is 0 Å². The number of rotatable bonds is 3. The molecule has 6 rings (SSSR count). The van der Waals surface area contributed by atoms with Gasteiger partial charge in [-0.25, -0.2) is 0 Å². The van der Waals surface area contributed by atoms with Crippen LogP contribution in [0.2, 0.25) is 0 Å². The molecule has 3 heteroatoms. The quantitative estimate of drug-likeness (QED) is 0.794. The Morgan fingerprint density at radius 1 is 1.00 bits per heavy atom. The van der Waals surface area contributed by atoms with E-state index in [4.69, 9.17) is 5.73 Å². The predicted molar refractivity (Wildman–Crippen MR) is 108 cm³/mol. The number of amides is 1. The molecule has 0 aliphatic heterocycles. The van der Waals surface area contributed by atoms with Crippen molar-refractivity contribution < 1.29 is 4.79 Å². The molecule has 1 aromatic carbocycles. The molecule has 5 aliphatic carbocycles. The Bertz CT molecular complexity index is 729. The van der Waals surface area contributed by atoms with Crippen LogP contribution in [-0.2, 0) is 10.2 Å². The molecule has 3 N–H and O–H groups in total. The minimum Gasteiger partial charge on any atom is -0.353 e. The highest BCUT2D eigenvalue weighted by molar-refractivity contribution is 5.84. The van der Waals surface area contributed by atoms with Gasteiger partial charge in [0, 0.05) is 12.1 Å².